The van der Waals surface area contributed by atoms with Gasteiger partial charge in [0.15, 0.2) is 0 Å². The number of nitrogens with one attached hydrogen (secondary N) is 1. The first-order valence-electron chi connectivity index (χ1n) is 5.21. The summed E-state index contributed by atoms with van der Waals surface area (Å²) >= 11 is 0.368. The molecule has 2 N–H and O–H groups in total. The second-order valence-corrected chi connectivity index (χ2v) is 4.41. The van der Waals surface area contributed by atoms with Crippen LogP contribution in [0, 0.1) is 18.3 Å². The Kier molecular flexibility index (Phi) is 3.51. The lowest BCUT2D eigenvalue weighted by molar-refractivity contribution is 0.659. The maximum atomic E-state index is 11.5. The van der Waals surface area contributed by atoms with E-state index in [1.165, 1.54) is 6.07 Å². The van der Waals surface area contributed by atoms with Crippen LogP contribution in [0.3, 0.4) is 0 Å². The van der Waals surface area contributed by atoms with Crippen LogP contribution in [-0.4, -0.2) is 9.54 Å². The van der Waals surface area contributed by atoms with Gasteiger partial charge in [0, 0.05) is 23.7 Å². The Morgan fingerprint density at radius 2 is 2.00 bits per heavy atom. The van der Waals surface area contributed by atoms with Crippen molar-refractivity contribution in [3.05, 3.63) is 51.8 Å². The Morgan fingerprint density at radius 3 is 2.56 bits per heavy atom. The van der Waals surface area contributed by atoms with E-state index in [9.17, 15) is 4.79 Å². The first-order valence-corrected chi connectivity index (χ1v) is 5.99. The van der Waals surface area contributed by atoms with Gasteiger partial charge in [-0.1, -0.05) is 29.8 Å². The maximum absolute atomic E-state index is 11.5. The lowest BCUT2D eigenvalue weighted by atomic mass is 10.0. The lowest BCUT2D eigenvalue weighted by Crippen LogP contribution is -2.08. The third-order valence-corrected chi connectivity index (χ3v) is 3.06. The Morgan fingerprint density at radius 1 is 1.33 bits per heavy atom. The van der Waals surface area contributed by atoms with Gasteiger partial charge in [0.2, 0.25) is 5.56 Å². The van der Waals surface area contributed by atoms with E-state index in [1.54, 1.807) is 0 Å². The molecule has 0 radical (unpaired) electrons. The first kappa shape index (κ1) is 12.4. The highest BCUT2D eigenvalue weighted by Gasteiger charge is 2.12. The molecule has 0 amide bonds. The molecule has 0 bridgehead atoms. The van der Waals surface area contributed by atoms with Crippen molar-refractivity contribution in [1.29, 1.82) is 5.26 Å². The fraction of sp³-hybridized carbons (Fsp3) is 0.0769. The molecule has 0 unspecified atom stereocenters. The molecule has 0 fully saturated rings. The molecule has 0 spiro atoms. The number of aromatic nitrogens is 1. The van der Waals surface area contributed by atoms with E-state index in [-0.39, 0.29) is 16.1 Å². The van der Waals surface area contributed by atoms with Crippen LogP contribution in [0.2, 0.25) is 0 Å². The molecule has 0 aliphatic carbocycles. The van der Waals surface area contributed by atoms with Gasteiger partial charge in [-0.2, -0.15) is 5.26 Å². The quantitative estimate of drug-likeness (QED) is 0.812. The lowest BCUT2D eigenvalue weighted by Gasteiger charge is -2.07. The monoisotopic (exact) mass is 258 g/mol. The largest absolute Gasteiger partial charge is 0.324 e. The van der Waals surface area contributed by atoms with Gasteiger partial charge in [0.05, 0.1) is 5.56 Å². The highest BCUT2D eigenvalue weighted by Crippen LogP contribution is 2.27. The summed E-state index contributed by atoms with van der Waals surface area (Å²) in [5.41, 5.74) is 2.32. The fourth-order valence-electron chi connectivity index (χ4n) is 1.68. The maximum Gasteiger partial charge on any atom is 0.249 e. The number of aryl methyl sites for hydroxylation is 1. The molecule has 0 atom stereocenters. The molecule has 4 nitrogen and oxygen atoms in total. The van der Waals surface area contributed by atoms with Crippen molar-refractivity contribution in [2.75, 3.05) is 0 Å². The number of H-pyrrole nitrogens is 1. The number of aromatic amines is 1. The molecule has 1 aromatic carbocycles. The molecule has 2 rings (SSSR count). The van der Waals surface area contributed by atoms with Crippen molar-refractivity contribution in [2.45, 2.75) is 11.9 Å². The molecule has 90 valence electrons. The third kappa shape index (κ3) is 2.30. The molecular formula is C13H10N2O2S. The Labute approximate surface area is 108 Å². The number of nitriles is 1. The van der Waals surface area contributed by atoms with Gasteiger partial charge in [-0.15, -0.1) is 0 Å². The van der Waals surface area contributed by atoms with E-state index >= 15 is 0 Å². The topological polar surface area (TPSA) is 76.9 Å². The summed E-state index contributed by atoms with van der Waals surface area (Å²) in [6.07, 6.45) is 0. The summed E-state index contributed by atoms with van der Waals surface area (Å²) in [6, 6.07) is 10.9. The van der Waals surface area contributed by atoms with Crippen LogP contribution >= 0.6 is 12.0 Å². The second-order valence-electron chi connectivity index (χ2n) is 3.82. The van der Waals surface area contributed by atoms with Gasteiger partial charge in [0.25, 0.3) is 0 Å². The smallest absolute Gasteiger partial charge is 0.249 e. The van der Waals surface area contributed by atoms with Crippen LogP contribution in [0.5, 0.6) is 0 Å². The second kappa shape index (κ2) is 5.08. The van der Waals surface area contributed by atoms with Crippen LogP contribution in [0.15, 0.2) is 40.2 Å². The van der Waals surface area contributed by atoms with E-state index in [2.05, 4.69) is 4.98 Å². The Balaban J connectivity index is 2.71. The molecule has 0 aliphatic rings. The molecule has 0 aliphatic heterocycles. The number of pyridine rings is 1. The summed E-state index contributed by atoms with van der Waals surface area (Å²) in [6.45, 7) is 1.96. The number of rotatable bonds is 2. The van der Waals surface area contributed by atoms with Crippen LogP contribution in [-0.2, 0) is 0 Å². The minimum atomic E-state index is -0.346. The minimum absolute atomic E-state index is 0.167. The number of benzene rings is 1. The highest BCUT2D eigenvalue weighted by atomic mass is 32.2. The number of hydrogen-bond acceptors (Lipinski definition) is 4. The summed E-state index contributed by atoms with van der Waals surface area (Å²) in [7, 11) is 0. The van der Waals surface area contributed by atoms with Gasteiger partial charge >= 0.3 is 0 Å². The normalized spacial score (nSPS) is 10.1. The molecule has 0 saturated carbocycles. The van der Waals surface area contributed by atoms with E-state index in [0.717, 1.165) is 11.1 Å². The SMILES string of the molecule is Cc1ccc(-c2cc(=O)[nH]c(SO)c2C#N)cc1. The first-order chi connectivity index (χ1) is 8.65. The van der Waals surface area contributed by atoms with Gasteiger partial charge in [-0.25, -0.2) is 0 Å². The zero-order valence-corrected chi connectivity index (χ0v) is 10.4. The molecule has 2 aromatic rings. The van der Waals surface area contributed by atoms with Gasteiger partial charge in [-0.3, -0.25) is 4.79 Å². The number of nitrogens with zero attached hydrogens (tertiary/aromatic N) is 1. The molecule has 18 heavy (non-hydrogen) atoms. The van der Waals surface area contributed by atoms with E-state index in [4.69, 9.17) is 9.81 Å². The van der Waals surface area contributed by atoms with Gasteiger partial charge in [-0.05, 0) is 12.5 Å². The average Bonchev–Trinajstić information content (AvgIpc) is 2.38. The van der Waals surface area contributed by atoms with E-state index in [1.807, 2.05) is 37.3 Å². The van der Waals surface area contributed by atoms with Crippen molar-refractivity contribution in [2.24, 2.45) is 0 Å². The zero-order valence-electron chi connectivity index (χ0n) is 9.60. The standard InChI is InChI=1S/C13H10N2O2S/c1-8-2-4-9(5-3-8)10-6-12(16)15-13(18-17)11(10)7-14/h2-6,17H,1H3,(H,15,16). The molecule has 5 heteroatoms. The highest BCUT2D eigenvalue weighted by molar-refractivity contribution is 7.93. The van der Waals surface area contributed by atoms with Crippen LogP contribution in [0.4, 0.5) is 0 Å². The third-order valence-electron chi connectivity index (χ3n) is 2.57. The van der Waals surface area contributed by atoms with Crippen LogP contribution < -0.4 is 5.56 Å². The van der Waals surface area contributed by atoms with Crippen molar-refractivity contribution in [3.63, 3.8) is 0 Å². The average molecular weight is 258 g/mol. The van der Waals surface area contributed by atoms with E-state index < -0.39 is 0 Å². The minimum Gasteiger partial charge on any atom is -0.324 e. The summed E-state index contributed by atoms with van der Waals surface area (Å²) in [4.78, 5) is 13.9. The van der Waals surface area contributed by atoms with Crippen molar-refractivity contribution >= 4 is 12.0 Å². The predicted octanol–water partition coefficient (Wildman–Crippen LogP) is 2.79. The summed E-state index contributed by atoms with van der Waals surface area (Å²) < 4.78 is 9.08. The Hall–Kier alpha value is -2.03. The fourth-order valence-corrected chi connectivity index (χ4v) is 2.07. The molecule has 1 aromatic heterocycles. The van der Waals surface area contributed by atoms with Crippen molar-refractivity contribution in [3.8, 4) is 17.2 Å². The molecule has 1 heterocycles. The molecular weight excluding hydrogens is 248 g/mol. The zero-order chi connectivity index (χ0) is 13.1. The summed E-state index contributed by atoms with van der Waals surface area (Å²) in [5, 5.41) is 9.31. The summed E-state index contributed by atoms with van der Waals surface area (Å²) in [5.74, 6) is 0. The van der Waals surface area contributed by atoms with Crippen LogP contribution in [0.25, 0.3) is 11.1 Å². The molecule has 0 saturated heterocycles. The van der Waals surface area contributed by atoms with Gasteiger partial charge in [0.1, 0.15) is 11.1 Å². The van der Waals surface area contributed by atoms with Gasteiger partial charge < -0.3 is 9.54 Å². The number of hydrogen-bond donors (Lipinski definition) is 2. The van der Waals surface area contributed by atoms with E-state index in [0.29, 0.717) is 17.6 Å². The predicted molar refractivity (Wildman–Crippen MR) is 70.4 cm³/mol. The Bertz CT molecular complexity index is 669. The van der Waals surface area contributed by atoms with Crippen molar-refractivity contribution in [1.82, 2.24) is 4.98 Å². The van der Waals surface area contributed by atoms with Crippen LogP contribution in [0.1, 0.15) is 11.1 Å². The van der Waals surface area contributed by atoms with Crippen molar-refractivity contribution < 1.29 is 4.55 Å².